The number of amides is 1. The van der Waals surface area contributed by atoms with Gasteiger partial charge in [0.2, 0.25) is 10.0 Å². The van der Waals surface area contributed by atoms with Crippen LogP contribution in [-0.2, 0) is 10.0 Å². The van der Waals surface area contributed by atoms with Crippen LogP contribution in [-0.4, -0.2) is 51.9 Å². The number of hydrogen-bond donors (Lipinski definition) is 2. The van der Waals surface area contributed by atoms with E-state index in [9.17, 15) is 13.2 Å². The third kappa shape index (κ3) is 6.59. The van der Waals surface area contributed by atoms with E-state index in [-0.39, 0.29) is 10.8 Å². The van der Waals surface area contributed by atoms with Crippen molar-refractivity contribution in [1.82, 2.24) is 14.9 Å². The Kier molecular flexibility index (Phi) is 6.95. The number of nitrogens with zero attached hydrogens (tertiary/aromatic N) is 1. The summed E-state index contributed by atoms with van der Waals surface area (Å²) in [6, 6.07) is 4.61. The van der Waals surface area contributed by atoms with Crippen LogP contribution in [0.15, 0.2) is 23.1 Å². The van der Waals surface area contributed by atoms with Crippen LogP contribution in [0.1, 0.15) is 43.1 Å². The van der Waals surface area contributed by atoms with Crippen LogP contribution < -0.4 is 10.0 Å². The van der Waals surface area contributed by atoms with Gasteiger partial charge < -0.3 is 10.2 Å². The van der Waals surface area contributed by atoms with Gasteiger partial charge in [0.1, 0.15) is 0 Å². The lowest BCUT2D eigenvalue weighted by atomic mass is 10.1. The second kappa shape index (κ2) is 8.09. The summed E-state index contributed by atoms with van der Waals surface area (Å²) < 4.78 is 27.4. The van der Waals surface area contributed by atoms with Crippen LogP contribution in [0.2, 0.25) is 0 Å². The molecule has 1 aromatic rings. The van der Waals surface area contributed by atoms with Crippen molar-refractivity contribution in [3.8, 4) is 0 Å². The second-order valence-corrected chi connectivity index (χ2v) is 8.93. The molecule has 136 valence electrons. The maximum atomic E-state index is 12.4. The molecule has 0 unspecified atom stereocenters. The molecule has 0 atom stereocenters. The minimum Gasteiger partial charge on any atom is -0.352 e. The zero-order chi connectivity index (χ0) is 18.5. The van der Waals surface area contributed by atoms with Crippen molar-refractivity contribution in [1.29, 1.82) is 0 Å². The molecule has 1 rings (SSSR count). The average molecular weight is 356 g/mol. The molecule has 0 radical (unpaired) electrons. The quantitative estimate of drug-likeness (QED) is 0.731. The molecule has 2 N–H and O–H groups in total. The molecule has 0 aliphatic rings. The number of nitrogens with one attached hydrogen (secondary N) is 2. The molecular formula is C17H29N3O3S. The van der Waals surface area contributed by atoms with Gasteiger partial charge in [0.25, 0.3) is 5.91 Å². The fraction of sp³-hybridized carbons (Fsp3) is 0.588. The fourth-order valence-corrected chi connectivity index (χ4v) is 3.61. The second-order valence-electron chi connectivity index (χ2n) is 7.24. The van der Waals surface area contributed by atoms with Crippen molar-refractivity contribution in [2.24, 2.45) is 0 Å². The van der Waals surface area contributed by atoms with Crippen molar-refractivity contribution in [2.45, 2.75) is 44.6 Å². The summed E-state index contributed by atoms with van der Waals surface area (Å²) in [7, 11) is 0.286. The molecule has 1 aromatic carbocycles. The first kappa shape index (κ1) is 20.6. The number of sulfonamides is 1. The molecule has 0 fully saturated rings. The van der Waals surface area contributed by atoms with Gasteiger partial charge in [0.05, 0.1) is 4.90 Å². The Balaban J connectivity index is 2.92. The van der Waals surface area contributed by atoms with E-state index in [4.69, 9.17) is 0 Å². The van der Waals surface area contributed by atoms with Gasteiger partial charge in [0.15, 0.2) is 0 Å². The lowest BCUT2D eigenvalue weighted by Gasteiger charge is -2.20. The minimum atomic E-state index is -3.66. The van der Waals surface area contributed by atoms with Crippen LogP contribution >= 0.6 is 0 Å². The largest absolute Gasteiger partial charge is 0.352 e. The summed E-state index contributed by atoms with van der Waals surface area (Å²) in [4.78, 5) is 14.5. The number of hydrogen-bond acceptors (Lipinski definition) is 4. The van der Waals surface area contributed by atoms with Gasteiger partial charge in [-0.3, -0.25) is 4.79 Å². The Morgan fingerprint density at radius 3 is 2.38 bits per heavy atom. The van der Waals surface area contributed by atoms with Crippen LogP contribution in [0.5, 0.6) is 0 Å². The number of rotatable bonds is 7. The first-order valence-electron chi connectivity index (χ1n) is 8.00. The minimum absolute atomic E-state index is 0.0986. The molecule has 1 amide bonds. The average Bonchev–Trinajstić information content (AvgIpc) is 2.40. The molecule has 6 nitrogen and oxygen atoms in total. The maximum absolute atomic E-state index is 12.4. The monoisotopic (exact) mass is 355 g/mol. The lowest BCUT2D eigenvalue weighted by Crippen LogP contribution is -2.40. The van der Waals surface area contributed by atoms with E-state index in [0.29, 0.717) is 12.1 Å². The van der Waals surface area contributed by atoms with Gasteiger partial charge >= 0.3 is 0 Å². The predicted molar refractivity (Wildman–Crippen MR) is 96.8 cm³/mol. The Morgan fingerprint density at radius 2 is 1.83 bits per heavy atom. The summed E-state index contributed by atoms with van der Waals surface area (Å²) in [6.07, 6.45) is 0.835. The van der Waals surface area contributed by atoms with E-state index in [1.54, 1.807) is 33.8 Å². The zero-order valence-electron chi connectivity index (χ0n) is 15.4. The van der Waals surface area contributed by atoms with Crippen molar-refractivity contribution in [2.75, 3.05) is 27.2 Å². The molecule has 0 saturated heterocycles. The predicted octanol–water partition coefficient (Wildman–Crippen LogP) is 1.75. The van der Waals surface area contributed by atoms with Crippen LogP contribution in [0, 0.1) is 6.92 Å². The van der Waals surface area contributed by atoms with Gasteiger partial charge in [-0.1, -0.05) is 6.07 Å². The van der Waals surface area contributed by atoms with Crippen molar-refractivity contribution < 1.29 is 13.2 Å². The van der Waals surface area contributed by atoms with E-state index in [2.05, 4.69) is 10.0 Å². The van der Waals surface area contributed by atoms with Gasteiger partial charge in [-0.05, 0) is 72.5 Å². The maximum Gasteiger partial charge on any atom is 0.251 e. The van der Waals surface area contributed by atoms with Gasteiger partial charge in [-0.2, -0.15) is 0 Å². The van der Waals surface area contributed by atoms with Gasteiger partial charge in [-0.25, -0.2) is 13.1 Å². The Bertz CT molecular complexity index is 677. The molecule has 0 spiro atoms. The molecule has 0 aromatic heterocycles. The van der Waals surface area contributed by atoms with Crippen molar-refractivity contribution in [3.05, 3.63) is 29.3 Å². The van der Waals surface area contributed by atoms with E-state index in [1.807, 2.05) is 19.0 Å². The highest BCUT2D eigenvalue weighted by atomic mass is 32.2. The summed E-state index contributed by atoms with van der Waals surface area (Å²) in [6.45, 7) is 8.55. The molecule has 24 heavy (non-hydrogen) atoms. The van der Waals surface area contributed by atoms with Gasteiger partial charge in [0, 0.05) is 17.6 Å². The summed E-state index contributed by atoms with van der Waals surface area (Å²) in [5.74, 6) is -0.251. The normalized spacial score (nSPS) is 12.5. The molecule has 0 bridgehead atoms. The van der Waals surface area contributed by atoms with E-state index >= 15 is 0 Å². The van der Waals surface area contributed by atoms with Crippen LogP contribution in [0.3, 0.4) is 0 Å². The standard InChI is InChI=1S/C17H29N3O3S/c1-13-8-9-14(24(22,23)19-17(2,3)4)12-15(13)16(21)18-10-7-11-20(5)6/h8-9,12,19H,7,10-11H2,1-6H3,(H,18,21). The molecule has 0 heterocycles. The molecular weight excluding hydrogens is 326 g/mol. The Labute approximate surface area is 145 Å². The highest BCUT2D eigenvalue weighted by Crippen LogP contribution is 2.17. The van der Waals surface area contributed by atoms with Gasteiger partial charge in [-0.15, -0.1) is 0 Å². The van der Waals surface area contributed by atoms with E-state index < -0.39 is 15.6 Å². The topological polar surface area (TPSA) is 78.5 Å². The highest BCUT2D eigenvalue weighted by Gasteiger charge is 2.23. The van der Waals surface area contributed by atoms with E-state index in [1.165, 1.54) is 12.1 Å². The highest BCUT2D eigenvalue weighted by molar-refractivity contribution is 7.89. The Hall–Kier alpha value is -1.44. The lowest BCUT2D eigenvalue weighted by molar-refractivity contribution is 0.0951. The molecule has 7 heteroatoms. The molecule has 0 aliphatic heterocycles. The molecule has 0 saturated carbocycles. The summed E-state index contributed by atoms with van der Waals surface area (Å²) in [5, 5.41) is 2.84. The first-order valence-corrected chi connectivity index (χ1v) is 9.48. The third-order valence-electron chi connectivity index (χ3n) is 3.27. The summed E-state index contributed by atoms with van der Waals surface area (Å²) >= 11 is 0. The smallest absolute Gasteiger partial charge is 0.251 e. The SMILES string of the molecule is Cc1ccc(S(=O)(=O)NC(C)(C)C)cc1C(=O)NCCCN(C)C. The van der Waals surface area contributed by atoms with E-state index in [0.717, 1.165) is 18.5 Å². The Morgan fingerprint density at radius 1 is 1.21 bits per heavy atom. The number of benzene rings is 1. The first-order chi connectivity index (χ1) is 10.9. The third-order valence-corrected chi connectivity index (χ3v) is 5.03. The van der Waals surface area contributed by atoms with Crippen molar-refractivity contribution >= 4 is 15.9 Å². The van der Waals surface area contributed by atoms with Crippen molar-refractivity contribution in [3.63, 3.8) is 0 Å². The van der Waals surface area contributed by atoms with Crippen LogP contribution in [0.4, 0.5) is 0 Å². The zero-order valence-corrected chi connectivity index (χ0v) is 16.3. The molecule has 0 aliphatic carbocycles. The number of aryl methyl sites for hydroxylation is 1. The summed E-state index contributed by atoms with van der Waals surface area (Å²) in [5.41, 5.74) is 0.546. The number of carbonyl (C=O) groups is 1. The number of carbonyl (C=O) groups excluding carboxylic acids is 1. The van der Waals surface area contributed by atoms with Crippen LogP contribution in [0.25, 0.3) is 0 Å². The fourth-order valence-electron chi connectivity index (χ4n) is 2.17.